The molecule has 108 valence electrons. The standard InChI is InChI=1S/C12H14N2O4S2/c1-8-11(19-12(15)13-8)20(16,17)14(2)9-6-4-5-7-10(9)18-3/h4-7H,1-3H3,(H,13,15). The molecule has 2 aromatic rings. The third-order valence-electron chi connectivity index (χ3n) is 2.80. The van der Waals surface area contributed by atoms with E-state index in [0.717, 1.165) is 4.31 Å². The number of hydrogen-bond donors (Lipinski definition) is 1. The number of rotatable bonds is 4. The first-order valence-electron chi connectivity index (χ1n) is 5.69. The lowest BCUT2D eigenvalue weighted by molar-refractivity contribution is 0.416. The summed E-state index contributed by atoms with van der Waals surface area (Å²) in [5.41, 5.74) is 0.747. The first kappa shape index (κ1) is 14.6. The molecule has 0 atom stereocenters. The van der Waals surface area contributed by atoms with Crippen molar-refractivity contribution < 1.29 is 13.2 Å². The summed E-state index contributed by atoms with van der Waals surface area (Å²) < 4.78 is 31.4. The van der Waals surface area contributed by atoms with Crippen LogP contribution in [0.4, 0.5) is 5.69 Å². The van der Waals surface area contributed by atoms with Gasteiger partial charge in [0.2, 0.25) is 0 Å². The average molecular weight is 314 g/mol. The maximum absolute atomic E-state index is 12.6. The second-order valence-corrected chi connectivity index (χ2v) is 7.22. The van der Waals surface area contributed by atoms with Gasteiger partial charge in [-0.1, -0.05) is 23.5 Å². The molecule has 1 aromatic carbocycles. The van der Waals surface area contributed by atoms with Gasteiger partial charge in [0.25, 0.3) is 10.0 Å². The van der Waals surface area contributed by atoms with Gasteiger partial charge in [-0.15, -0.1) is 0 Å². The zero-order chi connectivity index (χ0) is 14.9. The predicted molar refractivity (Wildman–Crippen MR) is 78.3 cm³/mol. The topological polar surface area (TPSA) is 79.5 Å². The summed E-state index contributed by atoms with van der Waals surface area (Å²) in [6.07, 6.45) is 0. The lowest BCUT2D eigenvalue weighted by Crippen LogP contribution is -2.26. The van der Waals surface area contributed by atoms with E-state index in [9.17, 15) is 13.2 Å². The molecule has 8 heteroatoms. The fourth-order valence-electron chi connectivity index (χ4n) is 1.78. The van der Waals surface area contributed by atoms with Crippen LogP contribution in [-0.2, 0) is 10.0 Å². The lowest BCUT2D eigenvalue weighted by Gasteiger charge is -2.20. The van der Waals surface area contributed by atoms with Crippen molar-refractivity contribution in [1.82, 2.24) is 4.98 Å². The predicted octanol–water partition coefficient (Wildman–Crippen LogP) is 1.58. The van der Waals surface area contributed by atoms with E-state index in [1.165, 1.54) is 14.2 Å². The number of aromatic nitrogens is 1. The van der Waals surface area contributed by atoms with E-state index < -0.39 is 14.9 Å². The zero-order valence-electron chi connectivity index (χ0n) is 11.2. The van der Waals surface area contributed by atoms with E-state index in [0.29, 0.717) is 28.5 Å². The van der Waals surface area contributed by atoms with E-state index in [1.54, 1.807) is 31.2 Å². The highest BCUT2D eigenvalue weighted by Crippen LogP contribution is 2.32. The van der Waals surface area contributed by atoms with E-state index in [4.69, 9.17) is 4.74 Å². The Morgan fingerprint density at radius 3 is 2.50 bits per heavy atom. The van der Waals surface area contributed by atoms with E-state index in [2.05, 4.69) is 4.98 Å². The first-order chi connectivity index (χ1) is 9.37. The van der Waals surface area contributed by atoms with Gasteiger partial charge < -0.3 is 9.72 Å². The molecular formula is C12H14N2O4S2. The van der Waals surface area contributed by atoms with Gasteiger partial charge in [-0.3, -0.25) is 9.10 Å². The molecule has 0 fully saturated rings. The molecule has 20 heavy (non-hydrogen) atoms. The Morgan fingerprint density at radius 2 is 1.95 bits per heavy atom. The van der Waals surface area contributed by atoms with Crippen molar-refractivity contribution >= 4 is 27.0 Å². The number of ether oxygens (including phenoxy) is 1. The second-order valence-electron chi connectivity index (χ2n) is 4.07. The van der Waals surface area contributed by atoms with Crippen molar-refractivity contribution in [3.8, 4) is 5.75 Å². The van der Waals surface area contributed by atoms with Crippen LogP contribution < -0.4 is 13.9 Å². The first-order valence-corrected chi connectivity index (χ1v) is 7.95. The minimum Gasteiger partial charge on any atom is -0.495 e. The fraction of sp³-hybridized carbons (Fsp3) is 0.250. The Morgan fingerprint density at radius 1 is 1.30 bits per heavy atom. The maximum atomic E-state index is 12.6. The minimum absolute atomic E-state index is 0.0101. The minimum atomic E-state index is -3.79. The van der Waals surface area contributed by atoms with Gasteiger partial charge in [-0.05, 0) is 19.1 Å². The Bertz CT molecular complexity index is 777. The third-order valence-corrected chi connectivity index (χ3v) is 6.15. The quantitative estimate of drug-likeness (QED) is 0.929. The number of methoxy groups -OCH3 is 1. The fourth-order valence-corrected chi connectivity index (χ4v) is 4.44. The molecule has 0 radical (unpaired) electrons. The monoisotopic (exact) mass is 314 g/mol. The highest BCUT2D eigenvalue weighted by atomic mass is 32.2. The number of aromatic amines is 1. The summed E-state index contributed by atoms with van der Waals surface area (Å²) in [4.78, 5) is 13.4. The average Bonchev–Trinajstić information content (AvgIpc) is 2.77. The van der Waals surface area contributed by atoms with Crippen LogP contribution in [-0.4, -0.2) is 27.6 Å². The van der Waals surface area contributed by atoms with E-state index >= 15 is 0 Å². The summed E-state index contributed by atoms with van der Waals surface area (Å²) >= 11 is 0.676. The van der Waals surface area contributed by atoms with Crippen molar-refractivity contribution in [3.63, 3.8) is 0 Å². The number of nitrogens with one attached hydrogen (secondary N) is 1. The summed E-state index contributed by atoms with van der Waals surface area (Å²) in [5, 5.41) is 0. The molecule has 6 nitrogen and oxygen atoms in total. The summed E-state index contributed by atoms with van der Waals surface area (Å²) in [5.74, 6) is 0.444. The van der Waals surface area contributed by atoms with Crippen LogP contribution in [0.25, 0.3) is 0 Å². The lowest BCUT2D eigenvalue weighted by atomic mass is 10.3. The SMILES string of the molecule is COc1ccccc1N(C)S(=O)(=O)c1sc(=O)[nH]c1C. The Labute approximate surface area is 120 Å². The van der Waals surface area contributed by atoms with Gasteiger partial charge >= 0.3 is 4.87 Å². The molecule has 2 rings (SSSR count). The van der Waals surface area contributed by atoms with Crippen LogP contribution in [0.15, 0.2) is 33.3 Å². The highest BCUT2D eigenvalue weighted by Gasteiger charge is 2.27. The van der Waals surface area contributed by atoms with Crippen molar-refractivity contribution in [2.75, 3.05) is 18.5 Å². The van der Waals surface area contributed by atoms with Gasteiger partial charge in [0.1, 0.15) is 5.75 Å². The summed E-state index contributed by atoms with van der Waals surface area (Å²) in [6, 6.07) is 6.79. The number of sulfonamides is 1. The van der Waals surface area contributed by atoms with Gasteiger partial charge in [0, 0.05) is 12.7 Å². The van der Waals surface area contributed by atoms with Gasteiger partial charge in [-0.25, -0.2) is 8.42 Å². The molecule has 0 aliphatic rings. The molecule has 0 spiro atoms. The van der Waals surface area contributed by atoms with Crippen LogP contribution in [0.3, 0.4) is 0 Å². The third kappa shape index (κ3) is 2.44. The Kier molecular flexibility index (Phi) is 3.87. The number of H-pyrrole nitrogens is 1. The molecule has 1 heterocycles. The van der Waals surface area contributed by atoms with Crippen LogP contribution in [0.2, 0.25) is 0 Å². The Balaban J connectivity index is 2.54. The summed E-state index contributed by atoms with van der Waals surface area (Å²) in [6.45, 7) is 1.56. The van der Waals surface area contributed by atoms with Gasteiger partial charge in [0.15, 0.2) is 4.21 Å². The normalized spacial score (nSPS) is 11.3. The van der Waals surface area contributed by atoms with E-state index in [-0.39, 0.29) is 4.21 Å². The molecule has 0 unspecified atom stereocenters. The van der Waals surface area contributed by atoms with Crippen LogP contribution in [0.5, 0.6) is 5.75 Å². The molecule has 1 N–H and O–H groups in total. The molecule has 0 amide bonds. The molecule has 0 bridgehead atoms. The largest absolute Gasteiger partial charge is 0.495 e. The van der Waals surface area contributed by atoms with Crippen molar-refractivity contribution in [2.45, 2.75) is 11.1 Å². The molecule has 0 aliphatic carbocycles. The number of hydrogen-bond acceptors (Lipinski definition) is 5. The van der Waals surface area contributed by atoms with Crippen LogP contribution in [0.1, 0.15) is 5.69 Å². The number of nitrogens with zero attached hydrogens (tertiary/aromatic N) is 1. The number of para-hydroxylation sites is 2. The molecule has 0 aliphatic heterocycles. The molecule has 0 saturated carbocycles. The molecular weight excluding hydrogens is 300 g/mol. The van der Waals surface area contributed by atoms with Crippen molar-refractivity contribution in [2.24, 2.45) is 0 Å². The van der Waals surface area contributed by atoms with Crippen molar-refractivity contribution in [3.05, 3.63) is 39.6 Å². The maximum Gasteiger partial charge on any atom is 0.306 e. The zero-order valence-corrected chi connectivity index (χ0v) is 12.8. The number of anilines is 1. The molecule has 1 aromatic heterocycles. The summed E-state index contributed by atoms with van der Waals surface area (Å²) in [7, 11) is -0.895. The van der Waals surface area contributed by atoms with Gasteiger partial charge in [0.05, 0.1) is 12.8 Å². The second kappa shape index (κ2) is 5.29. The van der Waals surface area contributed by atoms with Crippen LogP contribution >= 0.6 is 11.3 Å². The Hall–Kier alpha value is -1.80. The number of thiazole rings is 1. The highest BCUT2D eigenvalue weighted by molar-refractivity contribution is 7.94. The number of aryl methyl sites for hydroxylation is 1. The van der Waals surface area contributed by atoms with E-state index in [1.807, 2.05) is 0 Å². The van der Waals surface area contributed by atoms with Crippen LogP contribution in [0, 0.1) is 6.92 Å². The number of benzene rings is 1. The smallest absolute Gasteiger partial charge is 0.306 e. The van der Waals surface area contributed by atoms with Crippen molar-refractivity contribution in [1.29, 1.82) is 0 Å². The van der Waals surface area contributed by atoms with Gasteiger partial charge in [-0.2, -0.15) is 0 Å². The molecule has 0 saturated heterocycles.